The maximum atomic E-state index is 12.5. The lowest BCUT2D eigenvalue weighted by Gasteiger charge is -2.26. The summed E-state index contributed by atoms with van der Waals surface area (Å²) in [5.74, 6) is 1.80. The van der Waals surface area contributed by atoms with E-state index in [2.05, 4.69) is 16.8 Å². The molecule has 0 aliphatic carbocycles. The number of methoxy groups -OCH3 is 2. The third-order valence-electron chi connectivity index (χ3n) is 4.51. The second kappa shape index (κ2) is 8.35. The Hall–Kier alpha value is -1.79. The summed E-state index contributed by atoms with van der Waals surface area (Å²) in [7, 11) is 9.06. The molecular weight excluding hydrogens is 306 g/mol. The fourth-order valence-corrected chi connectivity index (χ4v) is 3.21. The van der Waals surface area contributed by atoms with E-state index in [1.54, 1.807) is 19.1 Å². The number of rotatable bonds is 5. The summed E-state index contributed by atoms with van der Waals surface area (Å²) in [5.41, 5.74) is 1.03. The molecule has 1 amide bonds. The van der Waals surface area contributed by atoms with Crippen LogP contribution in [-0.4, -0.2) is 82.1 Å². The third kappa shape index (κ3) is 4.39. The monoisotopic (exact) mass is 335 g/mol. The minimum absolute atomic E-state index is 0.0202. The molecule has 2 rings (SSSR count). The molecule has 1 heterocycles. The van der Waals surface area contributed by atoms with Crippen molar-refractivity contribution in [3.8, 4) is 11.5 Å². The lowest BCUT2D eigenvalue weighted by atomic mass is 10.1. The van der Waals surface area contributed by atoms with Crippen LogP contribution in [-0.2, 0) is 11.3 Å². The molecule has 0 bridgehead atoms. The molecule has 0 N–H and O–H groups in total. The number of benzene rings is 1. The lowest BCUT2D eigenvalue weighted by molar-refractivity contribution is -0.133. The van der Waals surface area contributed by atoms with Crippen molar-refractivity contribution >= 4 is 5.91 Å². The van der Waals surface area contributed by atoms with Crippen molar-refractivity contribution in [1.82, 2.24) is 14.7 Å². The quantitative estimate of drug-likeness (QED) is 0.808. The molecule has 6 nitrogen and oxygen atoms in total. The van der Waals surface area contributed by atoms with Gasteiger partial charge in [-0.05, 0) is 19.2 Å². The van der Waals surface area contributed by atoms with Gasteiger partial charge in [-0.25, -0.2) is 0 Å². The highest BCUT2D eigenvalue weighted by Gasteiger charge is 2.28. The molecule has 134 valence electrons. The zero-order valence-electron chi connectivity index (χ0n) is 15.4. The average molecular weight is 335 g/mol. The fourth-order valence-electron chi connectivity index (χ4n) is 3.21. The predicted molar refractivity (Wildman–Crippen MR) is 94.5 cm³/mol. The molecule has 6 heteroatoms. The van der Waals surface area contributed by atoms with Gasteiger partial charge >= 0.3 is 0 Å². The molecule has 24 heavy (non-hydrogen) atoms. The number of carbonyl (C=O) groups is 1. The van der Waals surface area contributed by atoms with E-state index in [1.807, 2.05) is 32.3 Å². The van der Waals surface area contributed by atoms with E-state index in [1.165, 1.54) is 0 Å². The van der Waals surface area contributed by atoms with E-state index in [0.717, 1.165) is 43.2 Å². The maximum absolute atomic E-state index is 12.5. The first-order valence-corrected chi connectivity index (χ1v) is 8.28. The standard InChI is InChI=1S/C18H29N3O3/c1-19(2)18(22)14-11-20(3)9-10-21(12-14)13-15-16(23-4)7-6-8-17(15)24-5/h6-8,14H,9-13H2,1-5H3/t14-/m1/s1. The van der Waals surface area contributed by atoms with Crippen molar-refractivity contribution in [2.75, 3.05) is 61.5 Å². The van der Waals surface area contributed by atoms with Crippen molar-refractivity contribution in [3.05, 3.63) is 23.8 Å². The molecule has 0 aromatic heterocycles. The van der Waals surface area contributed by atoms with Gasteiger partial charge in [0.15, 0.2) is 0 Å². The van der Waals surface area contributed by atoms with Gasteiger partial charge in [-0.1, -0.05) is 6.07 Å². The van der Waals surface area contributed by atoms with E-state index in [-0.39, 0.29) is 11.8 Å². The predicted octanol–water partition coefficient (Wildman–Crippen LogP) is 1.16. The summed E-state index contributed by atoms with van der Waals surface area (Å²) < 4.78 is 11.0. The van der Waals surface area contributed by atoms with Crippen LogP contribution in [0.5, 0.6) is 11.5 Å². The second-order valence-corrected chi connectivity index (χ2v) is 6.57. The van der Waals surface area contributed by atoms with Crippen LogP contribution in [0.3, 0.4) is 0 Å². The van der Waals surface area contributed by atoms with Crippen LogP contribution >= 0.6 is 0 Å². The first-order chi connectivity index (χ1) is 11.5. The van der Waals surface area contributed by atoms with Crippen LogP contribution in [0.15, 0.2) is 18.2 Å². The van der Waals surface area contributed by atoms with Gasteiger partial charge in [-0.2, -0.15) is 0 Å². The third-order valence-corrected chi connectivity index (χ3v) is 4.51. The molecule has 0 radical (unpaired) electrons. The Kier molecular flexibility index (Phi) is 6.45. The molecule has 1 aliphatic rings. The zero-order valence-corrected chi connectivity index (χ0v) is 15.4. The Morgan fingerprint density at radius 1 is 1.17 bits per heavy atom. The van der Waals surface area contributed by atoms with Crippen LogP contribution in [0, 0.1) is 5.92 Å². The van der Waals surface area contributed by atoms with Crippen LogP contribution < -0.4 is 9.47 Å². The smallest absolute Gasteiger partial charge is 0.227 e. The molecule has 1 aromatic carbocycles. The number of likely N-dealkylation sites (N-methyl/N-ethyl adjacent to an activating group) is 1. The summed E-state index contributed by atoms with van der Waals surface area (Å²) in [4.78, 5) is 18.7. The van der Waals surface area contributed by atoms with Crippen LogP contribution in [0.4, 0.5) is 0 Å². The summed E-state index contributed by atoms with van der Waals surface area (Å²) in [6.07, 6.45) is 0. The first kappa shape index (κ1) is 18.5. The fraction of sp³-hybridized carbons (Fsp3) is 0.611. The van der Waals surface area contributed by atoms with Gasteiger partial charge in [0, 0.05) is 46.8 Å². The Morgan fingerprint density at radius 2 is 1.79 bits per heavy atom. The van der Waals surface area contributed by atoms with Crippen molar-refractivity contribution in [3.63, 3.8) is 0 Å². The Bertz CT molecular complexity index is 540. The van der Waals surface area contributed by atoms with E-state index in [4.69, 9.17) is 9.47 Å². The van der Waals surface area contributed by atoms with E-state index in [0.29, 0.717) is 6.54 Å². The largest absolute Gasteiger partial charge is 0.496 e. The number of carbonyl (C=O) groups excluding carboxylic acids is 1. The van der Waals surface area contributed by atoms with Crippen molar-refractivity contribution in [2.24, 2.45) is 5.92 Å². The lowest BCUT2D eigenvalue weighted by Crippen LogP contribution is -2.40. The molecule has 1 aromatic rings. The minimum Gasteiger partial charge on any atom is -0.496 e. The highest BCUT2D eigenvalue weighted by Crippen LogP contribution is 2.30. The van der Waals surface area contributed by atoms with Gasteiger partial charge in [0.1, 0.15) is 11.5 Å². The summed E-state index contributed by atoms with van der Waals surface area (Å²) in [6, 6.07) is 5.82. The minimum atomic E-state index is -0.0202. The summed E-state index contributed by atoms with van der Waals surface area (Å²) >= 11 is 0. The van der Waals surface area contributed by atoms with Crippen LogP contribution in [0.2, 0.25) is 0 Å². The normalized spacial score (nSPS) is 19.6. The van der Waals surface area contributed by atoms with Gasteiger partial charge in [0.05, 0.1) is 25.7 Å². The van der Waals surface area contributed by atoms with Crippen molar-refractivity contribution in [1.29, 1.82) is 0 Å². The highest BCUT2D eigenvalue weighted by atomic mass is 16.5. The summed E-state index contributed by atoms with van der Waals surface area (Å²) in [5, 5.41) is 0. The average Bonchev–Trinajstić information content (AvgIpc) is 2.76. The van der Waals surface area contributed by atoms with Crippen LogP contribution in [0.25, 0.3) is 0 Å². The topological polar surface area (TPSA) is 45.3 Å². The van der Waals surface area contributed by atoms with E-state index < -0.39 is 0 Å². The van der Waals surface area contributed by atoms with Crippen molar-refractivity contribution in [2.45, 2.75) is 6.54 Å². The van der Waals surface area contributed by atoms with Crippen molar-refractivity contribution < 1.29 is 14.3 Å². The number of nitrogens with zero attached hydrogens (tertiary/aromatic N) is 3. The van der Waals surface area contributed by atoms with Gasteiger partial charge in [0.2, 0.25) is 5.91 Å². The SMILES string of the molecule is COc1cccc(OC)c1CN1CCN(C)C[C@@H](C(=O)N(C)C)C1. The molecule has 1 saturated heterocycles. The molecule has 0 spiro atoms. The number of hydrogen-bond acceptors (Lipinski definition) is 5. The molecule has 1 fully saturated rings. The molecular formula is C18H29N3O3. The molecule has 1 atom stereocenters. The van der Waals surface area contributed by atoms with E-state index in [9.17, 15) is 4.79 Å². The second-order valence-electron chi connectivity index (χ2n) is 6.57. The van der Waals surface area contributed by atoms with E-state index >= 15 is 0 Å². The van der Waals surface area contributed by atoms with Gasteiger partial charge in [0.25, 0.3) is 0 Å². The van der Waals surface area contributed by atoms with Gasteiger partial charge in [-0.3, -0.25) is 9.69 Å². The number of amides is 1. The molecule has 0 saturated carbocycles. The highest BCUT2D eigenvalue weighted by molar-refractivity contribution is 5.78. The maximum Gasteiger partial charge on any atom is 0.227 e. The Labute approximate surface area is 144 Å². The van der Waals surface area contributed by atoms with Gasteiger partial charge in [-0.15, -0.1) is 0 Å². The zero-order chi connectivity index (χ0) is 17.7. The molecule has 0 unspecified atom stereocenters. The van der Waals surface area contributed by atoms with Gasteiger partial charge < -0.3 is 19.3 Å². The summed E-state index contributed by atoms with van der Waals surface area (Å²) in [6.45, 7) is 4.08. The van der Waals surface area contributed by atoms with Crippen LogP contribution in [0.1, 0.15) is 5.56 Å². The Balaban J connectivity index is 2.21. The number of hydrogen-bond donors (Lipinski definition) is 0. The number of ether oxygens (including phenoxy) is 2. The first-order valence-electron chi connectivity index (χ1n) is 8.28. The molecule has 1 aliphatic heterocycles. The Morgan fingerprint density at radius 3 is 2.33 bits per heavy atom.